The van der Waals surface area contributed by atoms with Crippen molar-refractivity contribution in [1.82, 2.24) is 9.97 Å². The molecule has 0 fully saturated rings. The Morgan fingerprint density at radius 3 is 2.39 bits per heavy atom. The fraction of sp³-hybridized carbons (Fsp3) is 0.267. The van der Waals surface area contributed by atoms with Gasteiger partial charge in [0.2, 0.25) is 0 Å². The number of aromatic nitrogens is 2. The molecule has 0 amide bonds. The molecule has 0 unspecified atom stereocenters. The zero-order valence-electron chi connectivity index (χ0n) is 12.9. The number of hydrogen-bond donors (Lipinski definition) is 0. The molecule has 0 saturated heterocycles. The van der Waals surface area contributed by atoms with Crippen molar-refractivity contribution >= 4 is 16.1 Å². The topological polar surface area (TPSA) is 95.5 Å². The van der Waals surface area contributed by atoms with Crippen LogP contribution in [0.1, 0.15) is 23.0 Å². The SMILES string of the molecule is CCOC(=O)c1c(C)nc(S(=O)(=O)OC)nc1-c1ccccc1. The zero-order chi connectivity index (χ0) is 17.0. The third-order valence-electron chi connectivity index (χ3n) is 3.04. The Balaban J connectivity index is 2.75. The molecule has 1 aromatic heterocycles. The second-order valence-electron chi connectivity index (χ2n) is 4.52. The largest absolute Gasteiger partial charge is 0.462 e. The van der Waals surface area contributed by atoms with Crippen LogP contribution in [0, 0.1) is 6.92 Å². The summed E-state index contributed by atoms with van der Waals surface area (Å²) >= 11 is 0. The van der Waals surface area contributed by atoms with Crippen LogP contribution >= 0.6 is 0 Å². The molecule has 1 aromatic carbocycles. The van der Waals surface area contributed by atoms with E-state index in [0.717, 1.165) is 7.11 Å². The van der Waals surface area contributed by atoms with Crippen LogP contribution in [0.4, 0.5) is 0 Å². The summed E-state index contributed by atoms with van der Waals surface area (Å²) in [4.78, 5) is 20.1. The van der Waals surface area contributed by atoms with Crippen molar-refractivity contribution in [2.75, 3.05) is 13.7 Å². The molecule has 0 atom stereocenters. The molecule has 0 N–H and O–H groups in total. The minimum Gasteiger partial charge on any atom is -0.462 e. The van der Waals surface area contributed by atoms with Gasteiger partial charge in [-0.05, 0) is 13.8 Å². The van der Waals surface area contributed by atoms with Crippen LogP contribution in [-0.4, -0.2) is 38.1 Å². The Kier molecular flexibility index (Phi) is 5.07. The Morgan fingerprint density at radius 2 is 1.83 bits per heavy atom. The quantitative estimate of drug-likeness (QED) is 0.468. The van der Waals surface area contributed by atoms with E-state index in [1.165, 1.54) is 6.92 Å². The molecule has 0 saturated carbocycles. The molecule has 2 aromatic rings. The van der Waals surface area contributed by atoms with Crippen LogP contribution in [0.3, 0.4) is 0 Å². The highest BCUT2D eigenvalue weighted by molar-refractivity contribution is 7.86. The third kappa shape index (κ3) is 3.54. The standard InChI is InChI=1S/C15H16N2O5S/c1-4-22-14(18)12-10(2)16-15(23(19,20)21-3)17-13(12)11-8-6-5-7-9-11/h5-9H,4H2,1-3H3. The summed E-state index contributed by atoms with van der Waals surface area (Å²) in [5.74, 6) is -0.606. The van der Waals surface area contributed by atoms with Gasteiger partial charge in [0, 0.05) is 5.56 Å². The number of carbonyl (C=O) groups excluding carboxylic acids is 1. The van der Waals surface area contributed by atoms with Gasteiger partial charge < -0.3 is 4.74 Å². The van der Waals surface area contributed by atoms with Gasteiger partial charge in [0.1, 0.15) is 5.56 Å². The highest BCUT2D eigenvalue weighted by Gasteiger charge is 2.26. The predicted octanol–water partition coefficient (Wildman–Crippen LogP) is 1.96. The average Bonchev–Trinajstić information content (AvgIpc) is 2.55. The lowest BCUT2D eigenvalue weighted by atomic mass is 10.0. The third-order valence-corrected chi connectivity index (χ3v) is 4.11. The number of hydrogen-bond acceptors (Lipinski definition) is 7. The number of rotatable bonds is 5. The second-order valence-corrected chi connectivity index (χ2v) is 6.13. The summed E-state index contributed by atoms with van der Waals surface area (Å²) in [7, 11) is -3.06. The van der Waals surface area contributed by atoms with Gasteiger partial charge in [-0.25, -0.2) is 14.8 Å². The predicted molar refractivity (Wildman–Crippen MR) is 82.4 cm³/mol. The van der Waals surface area contributed by atoms with Crippen LogP contribution in [0.2, 0.25) is 0 Å². The van der Waals surface area contributed by atoms with Crippen LogP contribution in [0.5, 0.6) is 0 Å². The first-order valence-corrected chi connectivity index (χ1v) is 8.23. The van der Waals surface area contributed by atoms with Gasteiger partial charge in [-0.1, -0.05) is 30.3 Å². The summed E-state index contributed by atoms with van der Waals surface area (Å²) in [6.07, 6.45) is 0. The fourth-order valence-electron chi connectivity index (χ4n) is 1.99. The molecule has 0 aliphatic heterocycles. The van der Waals surface area contributed by atoms with Crippen LogP contribution < -0.4 is 0 Å². The van der Waals surface area contributed by atoms with E-state index in [2.05, 4.69) is 14.2 Å². The Bertz CT molecular complexity index is 819. The summed E-state index contributed by atoms with van der Waals surface area (Å²) in [6, 6.07) is 8.74. The van der Waals surface area contributed by atoms with Gasteiger partial charge in [0.05, 0.1) is 25.1 Å². The molecule has 0 aliphatic rings. The van der Waals surface area contributed by atoms with E-state index in [9.17, 15) is 13.2 Å². The van der Waals surface area contributed by atoms with Crippen LogP contribution in [-0.2, 0) is 19.0 Å². The van der Waals surface area contributed by atoms with Gasteiger partial charge in [-0.2, -0.15) is 8.42 Å². The molecule has 0 spiro atoms. The Labute approximate surface area is 134 Å². The number of benzene rings is 1. The van der Waals surface area contributed by atoms with Crippen LogP contribution in [0.25, 0.3) is 11.3 Å². The maximum atomic E-state index is 12.2. The number of ether oxygens (including phenoxy) is 1. The maximum Gasteiger partial charge on any atom is 0.342 e. The number of esters is 1. The van der Waals surface area contributed by atoms with Crippen molar-refractivity contribution in [2.24, 2.45) is 0 Å². The highest BCUT2D eigenvalue weighted by atomic mass is 32.2. The van der Waals surface area contributed by atoms with E-state index < -0.39 is 21.2 Å². The van der Waals surface area contributed by atoms with Gasteiger partial charge in [0.15, 0.2) is 0 Å². The number of carbonyl (C=O) groups is 1. The van der Waals surface area contributed by atoms with E-state index in [1.807, 2.05) is 0 Å². The monoisotopic (exact) mass is 336 g/mol. The lowest BCUT2D eigenvalue weighted by Crippen LogP contribution is -2.16. The van der Waals surface area contributed by atoms with Crippen molar-refractivity contribution in [1.29, 1.82) is 0 Å². The normalized spacial score (nSPS) is 11.3. The molecule has 2 rings (SSSR count). The lowest BCUT2D eigenvalue weighted by molar-refractivity contribution is 0.0525. The van der Waals surface area contributed by atoms with Crippen molar-refractivity contribution in [3.8, 4) is 11.3 Å². The van der Waals surface area contributed by atoms with Crippen molar-refractivity contribution in [2.45, 2.75) is 19.0 Å². The van der Waals surface area contributed by atoms with Crippen LogP contribution in [0.15, 0.2) is 35.5 Å². The van der Waals surface area contributed by atoms with E-state index >= 15 is 0 Å². The van der Waals surface area contributed by atoms with Crippen molar-refractivity contribution in [3.05, 3.63) is 41.6 Å². The average molecular weight is 336 g/mol. The molecule has 1 heterocycles. The zero-order valence-corrected chi connectivity index (χ0v) is 13.8. The molecule has 0 radical (unpaired) electrons. The first-order chi connectivity index (χ1) is 10.9. The second kappa shape index (κ2) is 6.84. The molecule has 0 aliphatic carbocycles. The first-order valence-electron chi connectivity index (χ1n) is 6.82. The van der Waals surface area contributed by atoms with Gasteiger partial charge in [-0.3, -0.25) is 4.18 Å². The maximum absolute atomic E-state index is 12.2. The van der Waals surface area contributed by atoms with E-state index in [4.69, 9.17) is 4.74 Å². The van der Waals surface area contributed by atoms with Gasteiger partial charge >= 0.3 is 16.1 Å². The Morgan fingerprint density at radius 1 is 1.17 bits per heavy atom. The summed E-state index contributed by atoms with van der Waals surface area (Å²) in [5, 5.41) is -0.496. The summed E-state index contributed by atoms with van der Waals surface area (Å²) < 4.78 is 33.2. The van der Waals surface area contributed by atoms with E-state index in [0.29, 0.717) is 5.56 Å². The smallest absolute Gasteiger partial charge is 0.342 e. The molecular weight excluding hydrogens is 320 g/mol. The molecule has 0 bridgehead atoms. The van der Waals surface area contributed by atoms with Gasteiger partial charge in [-0.15, -0.1) is 0 Å². The molecule has 122 valence electrons. The van der Waals surface area contributed by atoms with Gasteiger partial charge in [0.25, 0.3) is 5.16 Å². The van der Waals surface area contributed by atoms with Crippen molar-refractivity contribution in [3.63, 3.8) is 0 Å². The molecular formula is C15H16N2O5S. The first kappa shape index (κ1) is 17.0. The van der Waals surface area contributed by atoms with E-state index in [1.54, 1.807) is 37.3 Å². The molecule has 7 nitrogen and oxygen atoms in total. The van der Waals surface area contributed by atoms with Crippen molar-refractivity contribution < 1.29 is 22.1 Å². The number of aryl methyl sites for hydroxylation is 1. The fourth-order valence-corrected chi connectivity index (χ4v) is 2.59. The molecule has 8 heteroatoms. The van der Waals surface area contributed by atoms with E-state index in [-0.39, 0.29) is 23.6 Å². The minimum atomic E-state index is -4.08. The Hall–Kier alpha value is -2.32. The summed E-state index contributed by atoms with van der Waals surface area (Å²) in [5.41, 5.74) is 1.10. The lowest BCUT2D eigenvalue weighted by Gasteiger charge is -2.12. The minimum absolute atomic E-state index is 0.133. The summed E-state index contributed by atoms with van der Waals surface area (Å²) in [6.45, 7) is 3.39. The molecule has 23 heavy (non-hydrogen) atoms. The highest BCUT2D eigenvalue weighted by Crippen LogP contribution is 2.25. The number of nitrogens with zero attached hydrogens (tertiary/aromatic N) is 2.